The third-order valence-corrected chi connectivity index (χ3v) is 6.36. The SMILES string of the molecule is CN=C(NCCN1CCN(C(=O)C2CCCC2)CC1)NC(C)c1ccc(OC)c(F)c1.I. The van der Waals surface area contributed by atoms with Gasteiger partial charge in [-0.05, 0) is 37.5 Å². The van der Waals surface area contributed by atoms with Crippen LogP contribution in [-0.4, -0.2) is 75.1 Å². The molecule has 1 aromatic carbocycles. The van der Waals surface area contributed by atoms with Gasteiger partial charge in [-0.15, -0.1) is 24.0 Å². The van der Waals surface area contributed by atoms with Crippen molar-refractivity contribution in [1.29, 1.82) is 0 Å². The molecule has 32 heavy (non-hydrogen) atoms. The number of nitrogens with one attached hydrogen (secondary N) is 2. The van der Waals surface area contributed by atoms with Gasteiger partial charge >= 0.3 is 0 Å². The van der Waals surface area contributed by atoms with Crippen molar-refractivity contribution in [3.05, 3.63) is 29.6 Å². The van der Waals surface area contributed by atoms with Gasteiger partial charge in [0.15, 0.2) is 17.5 Å². The number of hydrogen-bond donors (Lipinski definition) is 2. The van der Waals surface area contributed by atoms with Crippen molar-refractivity contribution >= 4 is 35.8 Å². The van der Waals surface area contributed by atoms with Crippen molar-refractivity contribution < 1.29 is 13.9 Å². The second-order valence-corrected chi connectivity index (χ2v) is 8.41. The summed E-state index contributed by atoms with van der Waals surface area (Å²) in [5.41, 5.74) is 0.823. The van der Waals surface area contributed by atoms with E-state index in [1.165, 1.54) is 26.0 Å². The number of aliphatic imine (C=N–C) groups is 1. The number of piperazine rings is 1. The van der Waals surface area contributed by atoms with Crippen LogP contribution in [0.2, 0.25) is 0 Å². The number of ether oxygens (including phenoxy) is 1. The molecule has 1 saturated carbocycles. The van der Waals surface area contributed by atoms with Crippen LogP contribution < -0.4 is 15.4 Å². The third-order valence-electron chi connectivity index (χ3n) is 6.36. The molecule has 1 saturated heterocycles. The number of amides is 1. The number of rotatable bonds is 7. The minimum atomic E-state index is -0.373. The van der Waals surface area contributed by atoms with Crippen molar-refractivity contribution in [2.45, 2.75) is 38.6 Å². The predicted molar refractivity (Wildman–Crippen MR) is 136 cm³/mol. The highest BCUT2D eigenvalue weighted by Gasteiger charge is 2.29. The van der Waals surface area contributed by atoms with Crippen molar-refractivity contribution in [1.82, 2.24) is 20.4 Å². The summed E-state index contributed by atoms with van der Waals surface area (Å²) >= 11 is 0. The van der Waals surface area contributed by atoms with E-state index in [4.69, 9.17) is 4.74 Å². The van der Waals surface area contributed by atoms with Crippen LogP contribution in [0, 0.1) is 11.7 Å². The summed E-state index contributed by atoms with van der Waals surface area (Å²) in [6.45, 7) is 7.07. The number of guanidine groups is 1. The van der Waals surface area contributed by atoms with E-state index >= 15 is 0 Å². The second-order valence-electron chi connectivity index (χ2n) is 8.41. The van der Waals surface area contributed by atoms with E-state index < -0.39 is 0 Å². The van der Waals surface area contributed by atoms with E-state index in [1.54, 1.807) is 13.1 Å². The minimum absolute atomic E-state index is 0. The lowest BCUT2D eigenvalue weighted by Crippen LogP contribution is -2.52. The molecular formula is C23H37FIN5O2. The first kappa shape index (κ1) is 26.6. The maximum absolute atomic E-state index is 14.0. The molecular weight excluding hydrogens is 524 g/mol. The van der Waals surface area contributed by atoms with Gasteiger partial charge in [-0.1, -0.05) is 18.9 Å². The van der Waals surface area contributed by atoms with E-state index in [9.17, 15) is 9.18 Å². The third kappa shape index (κ3) is 7.19. The Morgan fingerprint density at radius 2 is 1.94 bits per heavy atom. The minimum Gasteiger partial charge on any atom is -0.494 e. The highest BCUT2D eigenvalue weighted by atomic mass is 127. The molecule has 1 aromatic rings. The van der Waals surface area contributed by atoms with Gasteiger partial charge in [-0.2, -0.15) is 0 Å². The van der Waals surface area contributed by atoms with Crippen LogP contribution in [0.25, 0.3) is 0 Å². The molecule has 0 radical (unpaired) electrons. The second kappa shape index (κ2) is 13.2. The van der Waals surface area contributed by atoms with Gasteiger partial charge < -0.3 is 20.3 Å². The quantitative estimate of drug-likeness (QED) is 0.305. The Kier molecular flexibility index (Phi) is 11.0. The van der Waals surface area contributed by atoms with Crippen LogP contribution in [0.1, 0.15) is 44.2 Å². The Labute approximate surface area is 208 Å². The first-order valence-corrected chi connectivity index (χ1v) is 11.3. The summed E-state index contributed by atoms with van der Waals surface area (Å²) in [4.78, 5) is 21.3. The molecule has 0 aromatic heterocycles. The zero-order chi connectivity index (χ0) is 22.2. The lowest BCUT2D eigenvalue weighted by atomic mass is 10.1. The lowest BCUT2D eigenvalue weighted by Gasteiger charge is -2.36. The van der Waals surface area contributed by atoms with E-state index in [-0.39, 0.29) is 47.5 Å². The Balaban J connectivity index is 0.00000363. The van der Waals surface area contributed by atoms with Crippen molar-refractivity contribution in [3.8, 4) is 5.75 Å². The van der Waals surface area contributed by atoms with E-state index in [1.807, 2.05) is 13.0 Å². The molecule has 180 valence electrons. The maximum atomic E-state index is 14.0. The Morgan fingerprint density at radius 3 is 2.53 bits per heavy atom. The van der Waals surface area contributed by atoms with Crippen LogP contribution in [0.3, 0.4) is 0 Å². The molecule has 1 heterocycles. The standard InChI is InChI=1S/C23H36FN5O2.HI/c1-17(19-8-9-21(31-3)20(24)16-19)27-23(25-2)26-10-11-28-12-14-29(15-13-28)22(30)18-6-4-5-7-18;/h8-9,16-18H,4-7,10-15H2,1-3H3,(H2,25,26,27);1H. The van der Waals surface area contributed by atoms with Crippen molar-refractivity contribution in [2.75, 3.05) is 53.4 Å². The van der Waals surface area contributed by atoms with Crippen molar-refractivity contribution in [2.24, 2.45) is 10.9 Å². The molecule has 2 N–H and O–H groups in total. The molecule has 3 rings (SSSR count). The van der Waals surface area contributed by atoms with Crippen LogP contribution in [0.5, 0.6) is 5.75 Å². The summed E-state index contributed by atoms with van der Waals surface area (Å²) < 4.78 is 19.0. The molecule has 1 atom stereocenters. The van der Waals surface area contributed by atoms with Crippen LogP contribution in [-0.2, 0) is 4.79 Å². The number of hydrogen-bond acceptors (Lipinski definition) is 4. The zero-order valence-corrected chi connectivity index (χ0v) is 21.7. The average molecular weight is 561 g/mol. The Morgan fingerprint density at radius 1 is 1.25 bits per heavy atom. The molecule has 7 nitrogen and oxygen atoms in total. The van der Waals surface area contributed by atoms with E-state index in [0.29, 0.717) is 11.9 Å². The highest BCUT2D eigenvalue weighted by Crippen LogP contribution is 2.27. The smallest absolute Gasteiger partial charge is 0.225 e. The van der Waals surface area contributed by atoms with Gasteiger partial charge in [0.25, 0.3) is 0 Å². The molecule has 9 heteroatoms. The molecule has 1 amide bonds. The summed E-state index contributed by atoms with van der Waals surface area (Å²) in [5.74, 6) is 1.18. The molecule has 2 fully saturated rings. The predicted octanol–water partition coefficient (Wildman–Crippen LogP) is 3.01. The first-order valence-electron chi connectivity index (χ1n) is 11.3. The van der Waals surface area contributed by atoms with Gasteiger partial charge in [-0.25, -0.2) is 4.39 Å². The largest absolute Gasteiger partial charge is 0.494 e. The normalized spacial score (nSPS) is 18.8. The Hall–Kier alpha value is -1.62. The van der Waals surface area contributed by atoms with Crippen LogP contribution in [0.15, 0.2) is 23.2 Å². The van der Waals surface area contributed by atoms with Gasteiger partial charge in [0.1, 0.15) is 0 Å². The summed E-state index contributed by atoms with van der Waals surface area (Å²) in [6, 6.07) is 4.86. The van der Waals surface area contributed by atoms with Gasteiger partial charge in [0, 0.05) is 52.2 Å². The maximum Gasteiger partial charge on any atom is 0.225 e. The number of carbonyl (C=O) groups excluding carboxylic acids is 1. The van der Waals surface area contributed by atoms with E-state index in [0.717, 1.165) is 57.7 Å². The lowest BCUT2D eigenvalue weighted by molar-refractivity contribution is -0.137. The Bertz CT molecular complexity index is 765. The van der Waals surface area contributed by atoms with Crippen molar-refractivity contribution in [3.63, 3.8) is 0 Å². The zero-order valence-electron chi connectivity index (χ0n) is 19.4. The molecule has 0 bridgehead atoms. The summed E-state index contributed by atoms with van der Waals surface area (Å²) in [5, 5.41) is 6.63. The number of benzene rings is 1. The first-order chi connectivity index (χ1) is 15.0. The molecule has 2 aliphatic rings. The number of methoxy groups -OCH3 is 1. The molecule has 1 unspecified atom stereocenters. The van der Waals surface area contributed by atoms with Gasteiger partial charge in [0.2, 0.25) is 5.91 Å². The van der Waals surface area contributed by atoms with Gasteiger partial charge in [-0.3, -0.25) is 14.7 Å². The number of nitrogens with zero attached hydrogens (tertiary/aromatic N) is 3. The monoisotopic (exact) mass is 561 g/mol. The fraction of sp³-hybridized carbons (Fsp3) is 0.652. The van der Waals surface area contributed by atoms with Crippen LogP contribution in [0.4, 0.5) is 4.39 Å². The molecule has 1 aliphatic carbocycles. The number of carbonyl (C=O) groups is 1. The topological polar surface area (TPSA) is 69.2 Å². The molecule has 0 spiro atoms. The summed E-state index contributed by atoms with van der Waals surface area (Å²) in [6.07, 6.45) is 4.53. The average Bonchev–Trinajstić information content (AvgIpc) is 3.33. The molecule has 1 aliphatic heterocycles. The van der Waals surface area contributed by atoms with Gasteiger partial charge in [0.05, 0.1) is 13.2 Å². The van der Waals surface area contributed by atoms with Crippen LogP contribution >= 0.6 is 24.0 Å². The van der Waals surface area contributed by atoms with E-state index in [2.05, 4.69) is 25.4 Å². The number of halogens is 2. The highest BCUT2D eigenvalue weighted by molar-refractivity contribution is 14.0. The fourth-order valence-electron chi connectivity index (χ4n) is 4.39. The fourth-order valence-corrected chi connectivity index (χ4v) is 4.39. The summed E-state index contributed by atoms with van der Waals surface area (Å²) in [7, 11) is 3.18.